The fourth-order valence-electron chi connectivity index (χ4n) is 3.68. The molecule has 0 aromatic heterocycles. The second-order valence-electron chi connectivity index (χ2n) is 7.90. The van der Waals surface area contributed by atoms with Crippen molar-refractivity contribution in [2.24, 2.45) is 0 Å². The third kappa shape index (κ3) is 5.55. The highest BCUT2D eigenvalue weighted by Gasteiger charge is 2.34. The van der Waals surface area contributed by atoms with Crippen molar-refractivity contribution in [1.82, 2.24) is 5.43 Å². The number of anilines is 1. The third-order valence-corrected chi connectivity index (χ3v) is 5.52. The minimum Gasteiger partial charge on any atom is -0.493 e. The Morgan fingerprint density at radius 3 is 2.42 bits per heavy atom. The van der Waals surface area contributed by atoms with Gasteiger partial charge in [0.25, 0.3) is 11.8 Å². The second kappa shape index (κ2) is 11.2. The maximum absolute atomic E-state index is 13.0. The largest absolute Gasteiger partial charge is 0.493 e. The zero-order chi connectivity index (χ0) is 25.5. The van der Waals surface area contributed by atoms with Crippen molar-refractivity contribution in [2.75, 3.05) is 25.3 Å². The highest BCUT2D eigenvalue weighted by Crippen LogP contribution is 2.30. The molecule has 3 aromatic carbocycles. The standard InChI is InChI=1S/C28H26N2O6/c1-3-35-28(33)21-10-12-22(13-11-21)30-27(32)23(26(31)29-30)17-20-9-14-24(25(18-20)34-2)36-16-15-19-7-5-4-6-8-19/h4-14,17-18H,3,15-16H2,1-2H3,(H,29,31)/b23-17-. The van der Waals surface area contributed by atoms with Gasteiger partial charge in [0.15, 0.2) is 11.5 Å². The molecule has 1 heterocycles. The Morgan fingerprint density at radius 2 is 1.72 bits per heavy atom. The van der Waals surface area contributed by atoms with Gasteiger partial charge >= 0.3 is 5.97 Å². The first kappa shape index (κ1) is 24.5. The zero-order valence-corrected chi connectivity index (χ0v) is 20.0. The van der Waals surface area contributed by atoms with Crippen LogP contribution in [0.15, 0.2) is 78.4 Å². The maximum Gasteiger partial charge on any atom is 0.338 e. The molecule has 0 radical (unpaired) electrons. The van der Waals surface area contributed by atoms with Gasteiger partial charge in [-0.2, -0.15) is 0 Å². The van der Waals surface area contributed by atoms with Crippen molar-refractivity contribution in [3.63, 3.8) is 0 Å². The summed E-state index contributed by atoms with van der Waals surface area (Å²) in [6.45, 7) is 2.47. The molecule has 0 aliphatic carbocycles. The van der Waals surface area contributed by atoms with E-state index in [-0.39, 0.29) is 12.2 Å². The van der Waals surface area contributed by atoms with E-state index in [1.807, 2.05) is 30.3 Å². The zero-order valence-electron chi connectivity index (χ0n) is 20.0. The molecule has 8 heteroatoms. The molecule has 4 rings (SSSR count). The van der Waals surface area contributed by atoms with E-state index >= 15 is 0 Å². The number of methoxy groups -OCH3 is 1. The van der Waals surface area contributed by atoms with Crippen LogP contribution in [0.25, 0.3) is 6.08 Å². The fraction of sp³-hybridized carbons (Fsp3) is 0.179. The lowest BCUT2D eigenvalue weighted by Gasteiger charge is -2.15. The van der Waals surface area contributed by atoms with Gasteiger partial charge in [0.1, 0.15) is 5.57 Å². The first-order valence-corrected chi connectivity index (χ1v) is 11.5. The highest BCUT2D eigenvalue weighted by atomic mass is 16.5. The maximum atomic E-state index is 13.0. The quantitative estimate of drug-likeness (QED) is 0.280. The van der Waals surface area contributed by atoms with Crippen molar-refractivity contribution >= 4 is 29.5 Å². The van der Waals surface area contributed by atoms with Gasteiger partial charge in [0, 0.05) is 6.42 Å². The van der Waals surface area contributed by atoms with E-state index in [9.17, 15) is 14.4 Å². The molecule has 3 aromatic rings. The average Bonchev–Trinajstić information content (AvgIpc) is 3.18. The normalized spacial score (nSPS) is 14.1. The summed E-state index contributed by atoms with van der Waals surface area (Å²) < 4.78 is 16.3. The lowest BCUT2D eigenvalue weighted by atomic mass is 10.1. The molecule has 0 bridgehead atoms. The van der Waals surface area contributed by atoms with Crippen molar-refractivity contribution in [2.45, 2.75) is 13.3 Å². The van der Waals surface area contributed by atoms with Gasteiger partial charge in [-0.3, -0.25) is 15.0 Å². The molecular weight excluding hydrogens is 460 g/mol. The summed E-state index contributed by atoms with van der Waals surface area (Å²) >= 11 is 0. The van der Waals surface area contributed by atoms with Gasteiger partial charge in [-0.25, -0.2) is 9.80 Å². The number of carbonyl (C=O) groups is 3. The number of hydrazine groups is 1. The molecule has 1 aliphatic rings. The number of carbonyl (C=O) groups excluding carboxylic acids is 3. The SMILES string of the molecule is CCOC(=O)c1ccc(N2NC(=O)/C(=C/c3ccc(OCCc4ccccc4)c(OC)c3)C2=O)cc1. The number of benzene rings is 3. The number of rotatable bonds is 9. The van der Waals surface area contributed by atoms with E-state index in [2.05, 4.69) is 5.43 Å². The molecule has 0 saturated carbocycles. The number of ether oxygens (including phenoxy) is 3. The van der Waals surface area contributed by atoms with Crippen molar-refractivity contribution in [3.05, 3.63) is 95.1 Å². The van der Waals surface area contributed by atoms with Crippen LogP contribution in [-0.2, 0) is 20.7 Å². The number of esters is 1. The van der Waals surface area contributed by atoms with Crippen LogP contribution in [-0.4, -0.2) is 38.1 Å². The predicted molar refractivity (Wildman–Crippen MR) is 135 cm³/mol. The van der Waals surface area contributed by atoms with Crippen LogP contribution >= 0.6 is 0 Å². The molecule has 1 aliphatic heterocycles. The molecule has 0 unspecified atom stereocenters. The van der Waals surface area contributed by atoms with E-state index in [0.29, 0.717) is 34.9 Å². The van der Waals surface area contributed by atoms with Crippen LogP contribution in [0, 0.1) is 0 Å². The van der Waals surface area contributed by atoms with E-state index < -0.39 is 17.8 Å². The van der Waals surface area contributed by atoms with Crippen LogP contribution in [0.2, 0.25) is 0 Å². The lowest BCUT2D eigenvalue weighted by Crippen LogP contribution is -2.35. The van der Waals surface area contributed by atoms with Gasteiger partial charge in [-0.05, 0) is 60.5 Å². The first-order valence-electron chi connectivity index (χ1n) is 11.5. The van der Waals surface area contributed by atoms with Crippen molar-refractivity contribution in [1.29, 1.82) is 0 Å². The van der Waals surface area contributed by atoms with Gasteiger partial charge in [-0.15, -0.1) is 0 Å². The smallest absolute Gasteiger partial charge is 0.338 e. The van der Waals surface area contributed by atoms with E-state index in [0.717, 1.165) is 11.4 Å². The Hall–Kier alpha value is -4.59. The minimum absolute atomic E-state index is 0.0238. The van der Waals surface area contributed by atoms with Crippen LogP contribution in [0.5, 0.6) is 11.5 Å². The minimum atomic E-state index is -0.531. The second-order valence-corrected chi connectivity index (χ2v) is 7.90. The Bertz CT molecular complexity index is 1290. The first-order chi connectivity index (χ1) is 17.5. The Balaban J connectivity index is 1.46. The summed E-state index contributed by atoms with van der Waals surface area (Å²) in [5.74, 6) is -0.429. The van der Waals surface area contributed by atoms with Crippen LogP contribution in [0.4, 0.5) is 5.69 Å². The van der Waals surface area contributed by atoms with E-state index in [4.69, 9.17) is 14.2 Å². The Labute approximate surface area is 209 Å². The molecule has 1 N–H and O–H groups in total. The number of hydrogen-bond donors (Lipinski definition) is 1. The summed E-state index contributed by atoms with van der Waals surface area (Å²) in [7, 11) is 1.53. The molecule has 0 atom stereocenters. The third-order valence-electron chi connectivity index (χ3n) is 5.52. The number of amides is 2. The molecule has 8 nitrogen and oxygen atoms in total. The lowest BCUT2D eigenvalue weighted by molar-refractivity contribution is -0.117. The molecular formula is C28H26N2O6. The van der Waals surface area contributed by atoms with Gasteiger partial charge in [0.2, 0.25) is 0 Å². The summed E-state index contributed by atoms with van der Waals surface area (Å²) in [6, 6.07) is 21.4. The molecule has 1 fully saturated rings. The molecule has 0 spiro atoms. The summed E-state index contributed by atoms with van der Waals surface area (Å²) in [4.78, 5) is 37.4. The topological polar surface area (TPSA) is 94.2 Å². The summed E-state index contributed by atoms with van der Waals surface area (Å²) in [6.07, 6.45) is 2.25. The summed E-state index contributed by atoms with van der Waals surface area (Å²) in [5.41, 5.74) is 5.08. The van der Waals surface area contributed by atoms with Crippen LogP contribution < -0.4 is 19.9 Å². The molecule has 1 saturated heterocycles. The van der Waals surface area contributed by atoms with Gasteiger partial charge in [0.05, 0.1) is 31.6 Å². The Kier molecular flexibility index (Phi) is 7.65. The fourth-order valence-corrected chi connectivity index (χ4v) is 3.68. The Morgan fingerprint density at radius 1 is 0.972 bits per heavy atom. The van der Waals surface area contributed by atoms with Crippen molar-refractivity contribution < 1.29 is 28.6 Å². The average molecular weight is 487 g/mol. The number of nitrogens with zero attached hydrogens (tertiary/aromatic N) is 1. The molecule has 2 amide bonds. The number of hydrogen-bond acceptors (Lipinski definition) is 6. The van der Waals surface area contributed by atoms with Crippen molar-refractivity contribution in [3.8, 4) is 11.5 Å². The van der Waals surface area contributed by atoms with Gasteiger partial charge in [-0.1, -0.05) is 36.4 Å². The molecule has 36 heavy (non-hydrogen) atoms. The van der Waals surface area contributed by atoms with E-state index in [1.54, 1.807) is 37.3 Å². The predicted octanol–water partition coefficient (Wildman–Crippen LogP) is 3.95. The van der Waals surface area contributed by atoms with Crippen LogP contribution in [0.1, 0.15) is 28.4 Å². The molecule has 184 valence electrons. The summed E-state index contributed by atoms with van der Waals surface area (Å²) in [5, 5.41) is 1.14. The van der Waals surface area contributed by atoms with Gasteiger partial charge < -0.3 is 14.2 Å². The van der Waals surface area contributed by atoms with Crippen LogP contribution in [0.3, 0.4) is 0 Å². The number of nitrogens with one attached hydrogen (secondary N) is 1. The monoisotopic (exact) mass is 486 g/mol. The highest BCUT2D eigenvalue weighted by molar-refractivity contribution is 6.31. The van der Waals surface area contributed by atoms with E-state index in [1.165, 1.54) is 30.9 Å².